The van der Waals surface area contributed by atoms with Gasteiger partial charge in [-0.2, -0.15) is 4.31 Å². The molecule has 0 unspecified atom stereocenters. The summed E-state index contributed by atoms with van der Waals surface area (Å²) in [6, 6.07) is 7.38. The molecule has 0 bridgehead atoms. The first-order valence-electron chi connectivity index (χ1n) is 7.71. The lowest BCUT2D eigenvalue weighted by Crippen LogP contribution is -2.38. The van der Waals surface area contributed by atoms with Crippen molar-refractivity contribution in [3.63, 3.8) is 0 Å². The highest BCUT2D eigenvalue weighted by atomic mass is 32.2. The molecule has 9 nitrogen and oxygen atoms in total. The molecule has 0 aliphatic carbocycles. The Morgan fingerprint density at radius 3 is 2.42 bits per heavy atom. The molecule has 1 aromatic heterocycles. The first kappa shape index (κ1) is 19.6. The number of carbonyl (C=O) groups is 2. The fourth-order valence-corrected chi connectivity index (χ4v) is 3.25. The number of nitrogens with zero attached hydrogens (tertiary/aromatic N) is 2. The molecule has 0 saturated heterocycles. The van der Waals surface area contributed by atoms with Crippen LogP contribution < -0.4 is 10.6 Å². The average Bonchev–Trinajstić information content (AvgIpc) is 2.98. The molecular formula is C16H20N4O5S. The van der Waals surface area contributed by atoms with E-state index in [9.17, 15) is 18.0 Å². The molecule has 2 rings (SSSR count). The van der Waals surface area contributed by atoms with Gasteiger partial charge < -0.3 is 15.2 Å². The van der Waals surface area contributed by atoms with E-state index in [0.29, 0.717) is 17.1 Å². The molecule has 0 radical (unpaired) electrons. The van der Waals surface area contributed by atoms with E-state index < -0.39 is 15.9 Å². The van der Waals surface area contributed by atoms with E-state index in [1.54, 1.807) is 13.0 Å². The Bertz CT molecular complexity index is 890. The largest absolute Gasteiger partial charge is 0.361 e. The molecular weight excluding hydrogens is 360 g/mol. The Morgan fingerprint density at radius 1 is 1.23 bits per heavy atom. The summed E-state index contributed by atoms with van der Waals surface area (Å²) >= 11 is 0. The molecule has 1 aromatic carbocycles. The molecule has 10 heteroatoms. The zero-order valence-electron chi connectivity index (χ0n) is 14.6. The van der Waals surface area contributed by atoms with Crippen LogP contribution in [0.4, 0.5) is 5.69 Å². The van der Waals surface area contributed by atoms with Gasteiger partial charge in [0.15, 0.2) is 0 Å². The Kier molecular flexibility index (Phi) is 6.11. The summed E-state index contributed by atoms with van der Waals surface area (Å²) in [5.74, 6) is -0.0973. The molecule has 0 aliphatic heterocycles. The lowest BCUT2D eigenvalue weighted by atomic mass is 10.3. The number of carbonyl (C=O) groups excluding carboxylic acids is 2. The number of aryl methyl sites for hydroxylation is 1. The van der Waals surface area contributed by atoms with Gasteiger partial charge in [-0.05, 0) is 31.2 Å². The van der Waals surface area contributed by atoms with Gasteiger partial charge in [-0.3, -0.25) is 9.59 Å². The SMILES string of the molecule is CC(=O)Nc1ccc(S(=O)(=O)N(C)CC(=O)NCc2cc(C)on2)cc1. The van der Waals surface area contributed by atoms with Crippen molar-refractivity contribution in [3.8, 4) is 0 Å². The zero-order valence-corrected chi connectivity index (χ0v) is 15.5. The van der Waals surface area contributed by atoms with Gasteiger partial charge >= 0.3 is 0 Å². The van der Waals surface area contributed by atoms with Crippen LogP contribution in [0.3, 0.4) is 0 Å². The van der Waals surface area contributed by atoms with Crippen LogP contribution in [-0.4, -0.2) is 43.3 Å². The average molecular weight is 380 g/mol. The van der Waals surface area contributed by atoms with Crippen LogP contribution in [0.1, 0.15) is 18.4 Å². The normalized spacial score (nSPS) is 11.4. The lowest BCUT2D eigenvalue weighted by Gasteiger charge is -2.17. The van der Waals surface area contributed by atoms with Crippen LogP contribution in [-0.2, 0) is 26.2 Å². The molecule has 2 amide bonds. The van der Waals surface area contributed by atoms with E-state index >= 15 is 0 Å². The van der Waals surface area contributed by atoms with E-state index in [1.807, 2.05) is 0 Å². The summed E-state index contributed by atoms with van der Waals surface area (Å²) < 4.78 is 30.9. The topological polar surface area (TPSA) is 122 Å². The van der Waals surface area contributed by atoms with Gasteiger partial charge in [0, 0.05) is 25.7 Å². The molecule has 0 spiro atoms. The first-order valence-corrected chi connectivity index (χ1v) is 9.15. The number of anilines is 1. The van der Waals surface area contributed by atoms with E-state index in [-0.39, 0.29) is 23.9 Å². The second-order valence-electron chi connectivity index (χ2n) is 5.67. The van der Waals surface area contributed by atoms with E-state index in [2.05, 4.69) is 15.8 Å². The molecule has 0 fully saturated rings. The van der Waals surface area contributed by atoms with Gasteiger partial charge in [-0.25, -0.2) is 8.42 Å². The maximum absolute atomic E-state index is 12.5. The van der Waals surface area contributed by atoms with Gasteiger partial charge in [0.2, 0.25) is 21.8 Å². The smallest absolute Gasteiger partial charge is 0.243 e. The number of hydrogen-bond acceptors (Lipinski definition) is 6. The van der Waals surface area contributed by atoms with Gasteiger partial charge in [0.05, 0.1) is 18.0 Å². The molecule has 26 heavy (non-hydrogen) atoms. The number of aromatic nitrogens is 1. The molecule has 0 saturated carbocycles. The third kappa shape index (κ3) is 5.14. The van der Waals surface area contributed by atoms with E-state index in [0.717, 1.165) is 4.31 Å². The Hall–Kier alpha value is -2.72. The van der Waals surface area contributed by atoms with Crippen molar-refractivity contribution in [2.45, 2.75) is 25.3 Å². The van der Waals surface area contributed by atoms with E-state index in [1.165, 1.54) is 38.2 Å². The number of benzene rings is 1. The summed E-state index contributed by atoms with van der Waals surface area (Å²) in [5.41, 5.74) is 1.04. The van der Waals surface area contributed by atoms with Crippen LogP contribution in [0, 0.1) is 6.92 Å². The van der Waals surface area contributed by atoms with Crippen molar-refractivity contribution in [1.82, 2.24) is 14.8 Å². The minimum atomic E-state index is -3.83. The highest BCUT2D eigenvalue weighted by Gasteiger charge is 2.23. The van der Waals surface area contributed by atoms with Crippen molar-refractivity contribution >= 4 is 27.5 Å². The quantitative estimate of drug-likeness (QED) is 0.735. The highest BCUT2D eigenvalue weighted by Crippen LogP contribution is 2.17. The van der Waals surface area contributed by atoms with Gasteiger partial charge in [-0.1, -0.05) is 5.16 Å². The fourth-order valence-electron chi connectivity index (χ4n) is 2.13. The maximum atomic E-state index is 12.5. The molecule has 140 valence electrons. The molecule has 2 N–H and O–H groups in total. The monoisotopic (exact) mass is 380 g/mol. The highest BCUT2D eigenvalue weighted by molar-refractivity contribution is 7.89. The number of rotatable bonds is 7. The van der Waals surface area contributed by atoms with Crippen molar-refractivity contribution in [2.24, 2.45) is 0 Å². The standard InChI is InChI=1S/C16H20N4O5S/c1-11-8-14(19-25-11)9-17-16(22)10-20(3)26(23,24)15-6-4-13(5-7-15)18-12(2)21/h4-8H,9-10H2,1-3H3,(H,17,22)(H,18,21). The van der Waals surface area contributed by atoms with Crippen LogP contribution in [0.2, 0.25) is 0 Å². The summed E-state index contributed by atoms with van der Waals surface area (Å²) in [5, 5.41) is 8.88. The first-order chi connectivity index (χ1) is 12.2. The Morgan fingerprint density at radius 2 is 1.88 bits per heavy atom. The predicted molar refractivity (Wildman–Crippen MR) is 93.6 cm³/mol. The molecule has 0 aliphatic rings. The number of likely N-dealkylation sites (N-methyl/N-ethyl adjacent to an activating group) is 1. The van der Waals surface area contributed by atoms with Gasteiger partial charge in [0.1, 0.15) is 11.5 Å². The van der Waals surface area contributed by atoms with Crippen LogP contribution in [0.15, 0.2) is 39.8 Å². The summed E-state index contributed by atoms with van der Waals surface area (Å²) in [6.45, 7) is 2.90. The Labute approximate surface area is 151 Å². The van der Waals surface area contributed by atoms with Crippen molar-refractivity contribution in [2.75, 3.05) is 18.9 Å². The van der Waals surface area contributed by atoms with Crippen LogP contribution in [0.5, 0.6) is 0 Å². The fraction of sp³-hybridized carbons (Fsp3) is 0.312. The van der Waals surface area contributed by atoms with E-state index in [4.69, 9.17) is 4.52 Å². The van der Waals surface area contributed by atoms with Gasteiger partial charge in [-0.15, -0.1) is 0 Å². The third-order valence-electron chi connectivity index (χ3n) is 3.39. The molecule has 2 aromatic rings. The number of sulfonamides is 1. The van der Waals surface area contributed by atoms with Crippen LogP contribution >= 0.6 is 0 Å². The third-order valence-corrected chi connectivity index (χ3v) is 5.21. The zero-order chi connectivity index (χ0) is 19.3. The Balaban J connectivity index is 1.96. The minimum Gasteiger partial charge on any atom is -0.361 e. The maximum Gasteiger partial charge on any atom is 0.243 e. The summed E-state index contributed by atoms with van der Waals surface area (Å²) in [4.78, 5) is 23.0. The summed E-state index contributed by atoms with van der Waals surface area (Å²) in [7, 11) is -2.52. The minimum absolute atomic E-state index is 0.0222. The number of amides is 2. The van der Waals surface area contributed by atoms with Crippen molar-refractivity contribution in [1.29, 1.82) is 0 Å². The predicted octanol–water partition coefficient (Wildman–Crippen LogP) is 0.878. The molecule has 1 heterocycles. The number of nitrogens with one attached hydrogen (secondary N) is 2. The van der Waals surface area contributed by atoms with Crippen molar-refractivity contribution in [3.05, 3.63) is 41.8 Å². The second-order valence-corrected chi connectivity index (χ2v) is 7.72. The lowest BCUT2D eigenvalue weighted by molar-refractivity contribution is -0.121. The van der Waals surface area contributed by atoms with Crippen molar-refractivity contribution < 1.29 is 22.5 Å². The van der Waals surface area contributed by atoms with Crippen LogP contribution in [0.25, 0.3) is 0 Å². The van der Waals surface area contributed by atoms with Gasteiger partial charge in [0.25, 0.3) is 0 Å². The summed E-state index contributed by atoms with van der Waals surface area (Å²) in [6.07, 6.45) is 0. The number of hydrogen-bond donors (Lipinski definition) is 2. The molecule has 0 atom stereocenters. The second kappa shape index (κ2) is 8.11.